The van der Waals surface area contributed by atoms with Gasteiger partial charge in [-0.2, -0.15) is 5.10 Å². The first-order chi connectivity index (χ1) is 12.8. The van der Waals surface area contributed by atoms with Gasteiger partial charge in [0.25, 0.3) is 0 Å². The molecule has 128 valence electrons. The Morgan fingerprint density at radius 2 is 2.08 bits per heavy atom. The fourth-order valence-corrected chi connectivity index (χ4v) is 3.30. The Balaban J connectivity index is 1.49. The fourth-order valence-electron chi connectivity index (χ4n) is 2.53. The van der Waals surface area contributed by atoms with E-state index in [2.05, 4.69) is 25.5 Å². The van der Waals surface area contributed by atoms with Crippen LogP contribution < -0.4 is 5.32 Å². The summed E-state index contributed by atoms with van der Waals surface area (Å²) in [6.45, 7) is 0.615. The van der Waals surface area contributed by atoms with Crippen molar-refractivity contribution in [1.82, 2.24) is 20.2 Å². The van der Waals surface area contributed by atoms with Crippen LogP contribution in [-0.2, 0) is 6.54 Å². The third-order valence-electron chi connectivity index (χ3n) is 3.83. The smallest absolute Gasteiger partial charge is 0.204 e. The number of hydrogen-bond donors (Lipinski definition) is 2. The maximum Gasteiger partial charge on any atom is 0.204 e. The van der Waals surface area contributed by atoms with Crippen molar-refractivity contribution in [2.75, 3.05) is 5.32 Å². The van der Waals surface area contributed by atoms with Gasteiger partial charge in [0.2, 0.25) is 5.78 Å². The molecule has 0 radical (unpaired) electrons. The van der Waals surface area contributed by atoms with E-state index in [1.165, 1.54) is 11.3 Å². The van der Waals surface area contributed by atoms with Gasteiger partial charge in [-0.25, -0.2) is 4.98 Å². The van der Waals surface area contributed by atoms with E-state index in [1.807, 2.05) is 42.5 Å². The minimum absolute atomic E-state index is 0.0432. The number of hydrogen-bond acceptors (Lipinski definition) is 6. The molecule has 4 rings (SSSR count). The molecule has 3 heterocycles. The molecule has 26 heavy (non-hydrogen) atoms. The molecule has 0 spiro atoms. The lowest BCUT2D eigenvalue weighted by atomic mass is 10.0. The van der Waals surface area contributed by atoms with Crippen molar-refractivity contribution in [3.05, 3.63) is 83.3 Å². The molecule has 0 aliphatic rings. The number of carbonyl (C=O) groups excluding carboxylic acids is 1. The topological polar surface area (TPSA) is 83.6 Å². The van der Waals surface area contributed by atoms with Crippen LogP contribution in [0.3, 0.4) is 0 Å². The number of carbonyl (C=O) groups is 1. The highest BCUT2D eigenvalue weighted by atomic mass is 32.1. The Kier molecular flexibility index (Phi) is 4.53. The molecule has 3 aromatic heterocycles. The summed E-state index contributed by atoms with van der Waals surface area (Å²) in [6.07, 6.45) is 6.84. The van der Waals surface area contributed by atoms with Crippen molar-refractivity contribution in [3.8, 4) is 11.3 Å². The zero-order chi connectivity index (χ0) is 17.8. The third-order valence-corrected chi connectivity index (χ3v) is 4.79. The monoisotopic (exact) mass is 361 g/mol. The number of benzene rings is 1. The van der Waals surface area contributed by atoms with E-state index < -0.39 is 0 Å². The van der Waals surface area contributed by atoms with Crippen LogP contribution in [0.2, 0.25) is 0 Å². The van der Waals surface area contributed by atoms with E-state index in [0.29, 0.717) is 22.1 Å². The molecular formula is C19H15N5OS. The molecule has 0 saturated carbocycles. The summed E-state index contributed by atoms with van der Waals surface area (Å²) in [6, 6.07) is 13.2. The van der Waals surface area contributed by atoms with Gasteiger partial charge in [0.1, 0.15) is 0 Å². The third kappa shape index (κ3) is 3.52. The molecule has 1 aromatic carbocycles. The highest BCUT2D eigenvalue weighted by Gasteiger charge is 2.14. The summed E-state index contributed by atoms with van der Waals surface area (Å²) in [5, 5.41) is 10.8. The second kappa shape index (κ2) is 7.28. The van der Waals surface area contributed by atoms with Gasteiger partial charge in [0, 0.05) is 36.3 Å². The van der Waals surface area contributed by atoms with Crippen LogP contribution in [0.25, 0.3) is 11.3 Å². The normalized spacial score (nSPS) is 10.6. The minimum Gasteiger partial charge on any atom is -0.357 e. The lowest BCUT2D eigenvalue weighted by Crippen LogP contribution is -1.99. The van der Waals surface area contributed by atoms with Crippen LogP contribution in [0, 0.1) is 0 Å². The Morgan fingerprint density at radius 1 is 1.12 bits per heavy atom. The van der Waals surface area contributed by atoms with Crippen molar-refractivity contribution in [2.45, 2.75) is 6.54 Å². The number of aromatic nitrogens is 4. The van der Waals surface area contributed by atoms with E-state index in [1.54, 1.807) is 24.8 Å². The Bertz CT molecular complexity index is 1010. The van der Waals surface area contributed by atoms with Crippen molar-refractivity contribution in [3.63, 3.8) is 0 Å². The molecular weight excluding hydrogens is 346 g/mol. The van der Waals surface area contributed by atoms with Crippen LogP contribution in [0.1, 0.15) is 20.8 Å². The summed E-state index contributed by atoms with van der Waals surface area (Å²) in [7, 11) is 0. The summed E-state index contributed by atoms with van der Waals surface area (Å²) in [4.78, 5) is 21.7. The number of nitrogens with zero attached hydrogens (tertiary/aromatic N) is 3. The standard InChI is InChI=1S/C19H15N5OS/c25-18(15-5-1-4-14(9-15)16-6-8-23-24-16)17-12-22-19(26-17)21-11-13-3-2-7-20-10-13/h1-10,12H,11H2,(H,21,22)(H,23,24). The Hall–Kier alpha value is -3.32. The maximum atomic E-state index is 12.8. The van der Waals surface area contributed by atoms with Gasteiger partial charge in [-0.3, -0.25) is 14.9 Å². The quantitative estimate of drug-likeness (QED) is 0.511. The number of nitrogens with one attached hydrogen (secondary N) is 2. The molecule has 0 amide bonds. The first-order valence-corrected chi connectivity index (χ1v) is 8.84. The summed E-state index contributed by atoms with van der Waals surface area (Å²) >= 11 is 1.35. The van der Waals surface area contributed by atoms with Gasteiger partial charge >= 0.3 is 0 Å². The highest BCUT2D eigenvalue weighted by Crippen LogP contribution is 2.24. The van der Waals surface area contributed by atoms with Crippen molar-refractivity contribution >= 4 is 22.3 Å². The molecule has 0 saturated heterocycles. The van der Waals surface area contributed by atoms with Crippen molar-refractivity contribution in [2.24, 2.45) is 0 Å². The van der Waals surface area contributed by atoms with Crippen molar-refractivity contribution in [1.29, 1.82) is 0 Å². The first-order valence-electron chi connectivity index (χ1n) is 8.03. The molecule has 0 aliphatic carbocycles. The fraction of sp³-hybridized carbons (Fsp3) is 0.0526. The molecule has 2 N–H and O–H groups in total. The number of ketones is 1. The van der Waals surface area contributed by atoms with Crippen molar-refractivity contribution < 1.29 is 4.79 Å². The van der Waals surface area contributed by atoms with Crippen LogP contribution in [0.5, 0.6) is 0 Å². The van der Waals surface area contributed by atoms with E-state index >= 15 is 0 Å². The zero-order valence-electron chi connectivity index (χ0n) is 13.7. The number of aromatic amines is 1. The predicted octanol–water partition coefficient (Wildman–Crippen LogP) is 3.77. The predicted molar refractivity (Wildman–Crippen MR) is 101 cm³/mol. The maximum absolute atomic E-state index is 12.8. The lowest BCUT2D eigenvalue weighted by Gasteiger charge is -2.02. The summed E-state index contributed by atoms with van der Waals surface area (Å²) in [5.74, 6) is -0.0432. The molecule has 6 nitrogen and oxygen atoms in total. The minimum atomic E-state index is -0.0432. The van der Waals surface area contributed by atoms with E-state index in [4.69, 9.17) is 0 Å². The number of H-pyrrole nitrogens is 1. The second-order valence-corrected chi connectivity index (χ2v) is 6.66. The molecule has 0 aliphatic heterocycles. The van der Waals surface area contributed by atoms with E-state index in [9.17, 15) is 4.79 Å². The number of rotatable bonds is 6. The zero-order valence-corrected chi connectivity index (χ0v) is 14.5. The van der Waals surface area contributed by atoms with Crippen LogP contribution in [0.15, 0.2) is 67.3 Å². The van der Waals surface area contributed by atoms with Gasteiger partial charge in [0.15, 0.2) is 5.13 Å². The first kappa shape index (κ1) is 16.2. The van der Waals surface area contributed by atoms with E-state index in [0.717, 1.165) is 16.8 Å². The molecule has 0 atom stereocenters. The molecule has 0 unspecified atom stereocenters. The van der Waals surface area contributed by atoms with Crippen LogP contribution in [-0.4, -0.2) is 25.9 Å². The molecule has 0 fully saturated rings. The second-order valence-electron chi connectivity index (χ2n) is 5.62. The van der Waals surface area contributed by atoms with Gasteiger partial charge < -0.3 is 5.32 Å². The molecule has 7 heteroatoms. The number of anilines is 1. The molecule has 4 aromatic rings. The van der Waals surface area contributed by atoms with E-state index in [-0.39, 0.29) is 5.78 Å². The summed E-state index contributed by atoms with van der Waals surface area (Å²) < 4.78 is 0. The van der Waals surface area contributed by atoms with Gasteiger partial charge in [0.05, 0.1) is 16.8 Å². The van der Waals surface area contributed by atoms with Crippen LogP contribution >= 0.6 is 11.3 Å². The highest BCUT2D eigenvalue weighted by molar-refractivity contribution is 7.17. The number of pyridine rings is 1. The van der Waals surface area contributed by atoms with Gasteiger partial charge in [-0.1, -0.05) is 35.6 Å². The average molecular weight is 361 g/mol. The summed E-state index contributed by atoms with van der Waals surface area (Å²) in [5.41, 5.74) is 3.48. The lowest BCUT2D eigenvalue weighted by molar-refractivity contribution is 0.104. The van der Waals surface area contributed by atoms with Gasteiger partial charge in [-0.05, 0) is 23.8 Å². The largest absolute Gasteiger partial charge is 0.357 e. The molecule has 0 bridgehead atoms. The number of thiazole rings is 1. The Morgan fingerprint density at radius 3 is 2.88 bits per heavy atom. The Labute approximate surface area is 154 Å². The van der Waals surface area contributed by atoms with Crippen LogP contribution in [0.4, 0.5) is 5.13 Å². The SMILES string of the molecule is O=C(c1cccc(-c2ccn[nH]2)c1)c1cnc(NCc2cccnc2)s1. The van der Waals surface area contributed by atoms with Gasteiger partial charge in [-0.15, -0.1) is 0 Å². The average Bonchev–Trinajstić information content (AvgIpc) is 3.39.